The van der Waals surface area contributed by atoms with E-state index in [4.69, 9.17) is 9.47 Å². The van der Waals surface area contributed by atoms with Crippen LogP contribution < -0.4 is 9.47 Å². The Bertz CT molecular complexity index is 458. The van der Waals surface area contributed by atoms with Crippen LogP contribution in [0.1, 0.15) is 40.0 Å². The molecule has 0 radical (unpaired) electrons. The fourth-order valence-corrected chi connectivity index (χ4v) is 1.76. The lowest BCUT2D eigenvalue weighted by Gasteiger charge is -2.06. The normalized spacial score (nSPS) is 12.4. The molecule has 0 aliphatic carbocycles. The first kappa shape index (κ1) is 16.4. The van der Waals surface area contributed by atoms with Gasteiger partial charge in [0.1, 0.15) is 18.1 Å². The summed E-state index contributed by atoms with van der Waals surface area (Å²) >= 11 is 0. The van der Waals surface area contributed by atoms with Gasteiger partial charge in [0.15, 0.2) is 0 Å². The van der Waals surface area contributed by atoms with E-state index in [2.05, 4.69) is 32.9 Å². The SMILES string of the molecule is CC/C(C)=C/CC/C(C)=C/COc1cccc(OC)c1. The second-order valence-electron chi connectivity index (χ2n) is 4.98. The quantitative estimate of drug-likeness (QED) is 0.610. The van der Waals surface area contributed by atoms with Crippen LogP contribution in [0.25, 0.3) is 0 Å². The van der Waals surface area contributed by atoms with Crippen LogP contribution in [0.2, 0.25) is 0 Å². The standard InChI is InChI=1S/C18H26O2/c1-5-15(2)8-6-9-16(3)12-13-20-18-11-7-10-17(14-18)19-4/h7-8,10-12,14H,5-6,9,13H2,1-4H3/b15-8+,16-12+. The van der Waals surface area contributed by atoms with Gasteiger partial charge in [0.05, 0.1) is 7.11 Å². The molecule has 0 bridgehead atoms. The van der Waals surface area contributed by atoms with Crippen molar-refractivity contribution < 1.29 is 9.47 Å². The fourth-order valence-electron chi connectivity index (χ4n) is 1.76. The third-order valence-corrected chi connectivity index (χ3v) is 3.31. The van der Waals surface area contributed by atoms with Crippen LogP contribution in [-0.2, 0) is 0 Å². The second-order valence-corrected chi connectivity index (χ2v) is 4.98. The van der Waals surface area contributed by atoms with Gasteiger partial charge in [-0.15, -0.1) is 0 Å². The molecule has 0 spiro atoms. The summed E-state index contributed by atoms with van der Waals surface area (Å²) in [6.07, 6.45) is 7.82. The van der Waals surface area contributed by atoms with Crippen molar-refractivity contribution >= 4 is 0 Å². The highest BCUT2D eigenvalue weighted by Crippen LogP contribution is 2.19. The number of hydrogen-bond acceptors (Lipinski definition) is 2. The van der Waals surface area contributed by atoms with E-state index >= 15 is 0 Å². The maximum absolute atomic E-state index is 5.70. The molecule has 110 valence electrons. The number of ether oxygens (including phenoxy) is 2. The molecule has 0 heterocycles. The summed E-state index contributed by atoms with van der Waals surface area (Å²) in [5.41, 5.74) is 2.83. The summed E-state index contributed by atoms with van der Waals surface area (Å²) in [5.74, 6) is 1.67. The van der Waals surface area contributed by atoms with Crippen molar-refractivity contribution in [2.24, 2.45) is 0 Å². The number of hydrogen-bond donors (Lipinski definition) is 0. The fraction of sp³-hybridized carbons (Fsp3) is 0.444. The summed E-state index contributed by atoms with van der Waals surface area (Å²) in [7, 11) is 1.66. The van der Waals surface area contributed by atoms with E-state index in [1.54, 1.807) is 7.11 Å². The van der Waals surface area contributed by atoms with E-state index in [9.17, 15) is 0 Å². The summed E-state index contributed by atoms with van der Waals surface area (Å²) in [6.45, 7) is 7.14. The van der Waals surface area contributed by atoms with E-state index in [0.717, 1.165) is 30.8 Å². The van der Waals surface area contributed by atoms with Crippen molar-refractivity contribution in [3.8, 4) is 11.5 Å². The minimum atomic E-state index is 0.607. The summed E-state index contributed by atoms with van der Waals surface area (Å²) in [6, 6.07) is 7.69. The van der Waals surface area contributed by atoms with Gasteiger partial charge in [0.2, 0.25) is 0 Å². The second kappa shape index (κ2) is 9.24. The molecule has 0 fully saturated rings. The Morgan fingerprint density at radius 3 is 2.55 bits per heavy atom. The Labute approximate surface area is 123 Å². The minimum absolute atomic E-state index is 0.607. The van der Waals surface area contributed by atoms with Crippen LogP contribution in [0.3, 0.4) is 0 Å². The number of allylic oxidation sites excluding steroid dienone is 3. The molecule has 0 unspecified atom stereocenters. The van der Waals surface area contributed by atoms with Gasteiger partial charge in [-0.3, -0.25) is 0 Å². The predicted molar refractivity (Wildman–Crippen MR) is 85.5 cm³/mol. The van der Waals surface area contributed by atoms with Crippen molar-refractivity contribution in [2.75, 3.05) is 13.7 Å². The van der Waals surface area contributed by atoms with E-state index < -0.39 is 0 Å². The molecular formula is C18H26O2. The van der Waals surface area contributed by atoms with Gasteiger partial charge < -0.3 is 9.47 Å². The Morgan fingerprint density at radius 2 is 1.85 bits per heavy atom. The number of benzene rings is 1. The highest BCUT2D eigenvalue weighted by Gasteiger charge is 1.96. The van der Waals surface area contributed by atoms with Crippen LogP contribution in [-0.4, -0.2) is 13.7 Å². The molecule has 1 rings (SSSR count). The summed E-state index contributed by atoms with van der Waals surface area (Å²) in [4.78, 5) is 0. The van der Waals surface area contributed by atoms with Gasteiger partial charge in [-0.25, -0.2) is 0 Å². The first-order valence-electron chi connectivity index (χ1n) is 7.23. The molecule has 0 N–H and O–H groups in total. The lowest BCUT2D eigenvalue weighted by molar-refractivity contribution is 0.355. The highest BCUT2D eigenvalue weighted by molar-refractivity contribution is 5.32. The van der Waals surface area contributed by atoms with E-state index in [1.807, 2.05) is 24.3 Å². The Hall–Kier alpha value is -1.70. The molecule has 1 aromatic carbocycles. The smallest absolute Gasteiger partial charge is 0.123 e. The van der Waals surface area contributed by atoms with Gasteiger partial charge in [-0.1, -0.05) is 30.2 Å². The molecule has 1 aromatic rings. The lowest BCUT2D eigenvalue weighted by Crippen LogP contribution is -1.95. The maximum Gasteiger partial charge on any atom is 0.123 e. The molecule has 0 aromatic heterocycles. The first-order valence-corrected chi connectivity index (χ1v) is 7.23. The zero-order valence-electron chi connectivity index (χ0n) is 13.1. The van der Waals surface area contributed by atoms with E-state index in [0.29, 0.717) is 6.61 Å². The Kier molecular flexibility index (Phi) is 7.56. The number of methoxy groups -OCH3 is 1. The zero-order valence-corrected chi connectivity index (χ0v) is 13.1. The average molecular weight is 274 g/mol. The third kappa shape index (κ3) is 6.46. The van der Waals surface area contributed by atoms with E-state index in [-0.39, 0.29) is 0 Å². The van der Waals surface area contributed by atoms with Gasteiger partial charge >= 0.3 is 0 Å². The molecule has 2 heteroatoms. The molecule has 0 atom stereocenters. The Morgan fingerprint density at radius 1 is 1.10 bits per heavy atom. The average Bonchev–Trinajstić information content (AvgIpc) is 2.47. The summed E-state index contributed by atoms with van der Waals surface area (Å²) < 4.78 is 10.9. The van der Waals surface area contributed by atoms with Crippen LogP contribution in [0.15, 0.2) is 47.6 Å². The Balaban J connectivity index is 2.35. The van der Waals surface area contributed by atoms with E-state index in [1.165, 1.54) is 11.1 Å². The van der Waals surface area contributed by atoms with Crippen molar-refractivity contribution in [3.05, 3.63) is 47.6 Å². The topological polar surface area (TPSA) is 18.5 Å². The molecule has 0 saturated heterocycles. The number of rotatable bonds is 8. The largest absolute Gasteiger partial charge is 0.497 e. The van der Waals surface area contributed by atoms with Gasteiger partial charge in [0.25, 0.3) is 0 Å². The zero-order chi connectivity index (χ0) is 14.8. The maximum atomic E-state index is 5.70. The highest BCUT2D eigenvalue weighted by atomic mass is 16.5. The van der Waals surface area contributed by atoms with Crippen LogP contribution in [0.4, 0.5) is 0 Å². The first-order chi connectivity index (χ1) is 9.65. The van der Waals surface area contributed by atoms with Crippen molar-refractivity contribution in [3.63, 3.8) is 0 Å². The van der Waals surface area contributed by atoms with Crippen molar-refractivity contribution in [1.29, 1.82) is 0 Å². The van der Waals surface area contributed by atoms with Crippen LogP contribution >= 0.6 is 0 Å². The third-order valence-electron chi connectivity index (χ3n) is 3.31. The van der Waals surface area contributed by atoms with Gasteiger partial charge in [-0.05, 0) is 51.3 Å². The molecule has 0 amide bonds. The van der Waals surface area contributed by atoms with Crippen LogP contribution in [0, 0.1) is 0 Å². The monoisotopic (exact) mass is 274 g/mol. The predicted octanol–water partition coefficient (Wildman–Crippen LogP) is 5.16. The van der Waals surface area contributed by atoms with Gasteiger partial charge in [0, 0.05) is 6.07 Å². The molecule has 2 nitrogen and oxygen atoms in total. The molecule has 0 aliphatic rings. The minimum Gasteiger partial charge on any atom is -0.497 e. The van der Waals surface area contributed by atoms with Crippen LogP contribution in [0.5, 0.6) is 11.5 Å². The summed E-state index contributed by atoms with van der Waals surface area (Å²) in [5, 5.41) is 0. The molecule has 0 aliphatic heterocycles. The van der Waals surface area contributed by atoms with Crippen molar-refractivity contribution in [1.82, 2.24) is 0 Å². The molecule has 20 heavy (non-hydrogen) atoms. The lowest BCUT2D eigenvalue weighted by atomic mass is 10.1. The van der Waals surface area contributed by atoms with Crippen molar-refractivity contribution in [2.45, 2.75) is 40.0 Å². The molecule has 0 saturated carbocycles. The van der Waals surface area contributed by atoms with Gasteiger partial charge in [-0.2, -0.15) is 0 Å². The molecular weight excluding hydrogens is 248 g/mol.